The van der Waals surface area contributed by atoms with Crippen LogP contribution in [0.25, 0.3) is 6.08 Å². The van der Waals surface area contributed by atoms with Crippen molar-refractivity contribution in [3.05, 3.63) is 95.5 Å². The number of hydrogen-bond acceptors (Lipinski definition) is 5. The Balaban J connectivity index is 1.51. The van der Waals surface area contributed by atoms with Crippen LogP contribution in [0.3, 0.4) is 0 Å². The van der Waals surface area contributed by atoms with E-state index in [4.69, 9.17) is 9.15 Å². The van der Waals surface area contributed by atoms with E-state index in [-0.39, 0.29) is 11.3 Å². The molecule has 31 heavy (non-hydrogen) atoms. The Morgan fingerprint density at radius 3 is 2.32 bits per heavy atom. The largest absolute Gasteiger partial charge is 0.465 e. The summed E-state index contributed by atoms with van der Waals surface area (Å²) in [5, 5.41) is 3.98. The van der Waals surface area contributed by atoms with Crippen LogP contribution in [-0.2, 0) is 10.2 Å². The number of rotatable bonds is 6. The normalized spacial score (nSPS) is 11.7. The lowest BCUT2D eigenvalue weighted by Crippen LogP contribution is -2.18. The molecule has 1 N–H and O–H groups in total. The Bertz CT molecular complexity index is 1070. The smallest absolute Gasteiger partial charge is 0.336 e. The van der Waals surface area contributed by atoms with Crippen LogP contribution >= 0.6 is 0 Å². The number of esters is 1. The molecule has 0 atom stereocenters. The van der Waals surface area contributed by atoms with E-state index in [0.717, 1.165) is 11.1 Å². The van der Waals surface area contributed by atoms with E-state index in [0.29, 0.717) is 17.1 Å². The van der Waals surface area contributed by atoms with Gasteiger partial charge in [0.25, 0.3) is 5.91 Å². The number of benzene rings is 2. The second kappa shape index (κ2) is 9.71. The molecule has 0 saturated carbocycles. The van der Waals surface area contributed by atoms with Gasteiger partial charge in [0.15, 0.2) is 0 Å². The van der Waals surface area contributed by atoms with Crippen molar-refractivity contribution in [1.29, 1.82) is 0 Å². The molecule has 0 saturated heterocycles. The molecule has 3 rings (SSSR count). The molecule has 6 nitrogen and oxygen atoms in total. The van der Waals surface area contributed by atoms with Crippen molar-refractivity contribution in [2.75, 3.05) is 0 Å². The molecule has 1 aromatic heterocycles. The van der Waals surface area contributed by atoms with E-state index in [2.05, 4.69) is 31.3 Å². The number of furan rings is 1. The Morgan fingerprint density at radius 2 is 1.71 bits per heavy atom. The molecule has 0 fully saturated rings. The molecule has 6 heteroatoms. The summed E-state index contributed by atoms with van der Waals surface area (Å²) in [7, 11) is 0. The van der Waals surface area contributed by atoms with Gasteiger partial charge >= 0.3 is 5.97 Å². The van der Waals surface area contributed by atoms with Crippen LogP contribution < -0.4 is 10.2 Å². The predicted molar refractivity (Wildman–Crippen MR) is 120 cm³/mol. The van der Waals surface area contributed by atoms with Gasteiger partial charge in [-0.3, -0.25) is 4.79 Å². The predicted octanol–water partition coefficient (Wildman–Crippen LogP) is 4.96. The third kappa shape index (κ3) is 6.54. The van der Waals surface area contributed by atoms with Gasteiger partial charge in [-0.15, -0.1) is 0 Å². The Hall–Kier alpha value is -3.93. The summed E-state index contributed by atoms with van der Waals surface area (Å²) >= 11 is 0. The Labute approximate surface area is 181 Å². The second-order valence-electron chi connectivity index (χ2n) is 7.87. The number of hydrazone groups is 1. The van der Waals surface area contributed by atoms with Crippen LogP contribution in [0.4, 0.5) is 0 Å². The SMILES string of the molecule is CC(C)(C)c1ccc(C(=O)NN=Cc2ccc(OC(=O)C=Cc3ccco3)cc2)cc1. The molecule has 0 bridgehead atoms. The highest BCUT2D eigenvalue weighted by molar-refractivity contribution is 5.95. The standard InChI is InChI=1S/C25H24N2O4/c1-25(2,3)20-10-8-19(9-11-20)24(29)27-26-17-18-6-12-22(13-7-18)31-23(28)15-14-21-5-4-16-30-21/h4-17H,1-3H3,(H,27,29). The maximum absolute atomic E-state index is 12.2. The molecule has 0 aliphatic heterocycles. The monoisotopic (exact) mass is 416 g/mol. The lowest BCUT2D eigenvalue weighted by atomic mass is 9.87. The summed E-state index contributed by atoms with van der Waals surface area (Å²) < 4.78 is 10.3. The van der Waals surface area contributed by atoms with Gasteiger partial charge in [0.05, 0.1) is 12.5 Å². The summed E-state index contributed by atoms with van der Waals surface area (Å²) in [4.78, 5) is 24.0. The van der Waals surface area contributed by atoms with Crippen molar-refractivity contribution >= 4 is 24.2 Å². The van der Waals surface area contributed by atoms with E-state index in [1.165, 1.54) is 24.6 Å². The maximum Gasteiger partial charge on any atom is 0.336 e. The van der Waals surface area contributed by atoms with Gasteiger partial charge in [-0.25, -0.2) is 10.2 Å². The van der Waals surface area contributed by atoms with E-state index < -0.39 is 5.97 Å². The number of ether oxygens (including phenoxy) is 1. The lowest BCUT2D eigenvalue weighted by Gasteiger charge is -2.18. The highest BCUT2D eigenvalue weighted by Gasteiger charge is 2.14. The van der Waals surface area contributed by atoms with Crippen LogP contribution in [0.2, 0.25) is 0 Å². The maximum atomic E-state index is 12.2. The fourth-order valence-electron chi connectivity index (χ4n) is 2.66. The first-order valence-corrected chi connectivity index (χ1v) is 9.79. The Kier molecular flexibility index (Phi) is 6.82. The number of nitrogens with one attached hydrogen (secondary N) is 1. The van der Waals surface area contributed by atoms with Crippen molar-refractivity contribution in [3.8, 4) is 5.75 Å². The summed E-state index contributed by atoms with van der Waals surface area (Å²) in [5.41, 5.74) is 4.98. The number of nitrogens with zero attached hydrogens (tertiary/aromatic N) is 1. The average Bonchev–Trinajstić information content (AvgIpc) is 3.27. The van der Waals surface area contributed by atoms with Gasteiger partial charge in [-0.2, -0.15) is 5.10 Å². The minimum absolute atomic E-state index is 0.0311. The quantitative estimate of drug-likeness (QED) is 0.202. The first kappa shape index (κ1) is 21.8. The zero-order valence-electron chi connectivity index (χ0n) is 17.7. The van der Waals surface area contributed by atoms with Crippen molar-refractivity contribution in [2.24, 2.45) is 5.10 Å². The summed E-state index contributed by atoms with van der Waals surface area (Å²) in [6.07, 6.45) is 5.86. The van der Waals surface area contributed by atoms with E-state index in [1.807, 2.05) is 12.1 Å². The van der Waals surface area contributed by atoms with Crippen LogP contribution in [0, 0.1) is 0 Å². The van der Waals surface area contributed by atoms with Gasteiger partial charge in [0.2, 0.25) is 0 Å². The molecule has 1 amide bonds. The highest BCUT2D eigenvalue weighted by atomic mass is 16.5. The minimum Gasteiger partial charge on any atom is -0.465 e. The van der Waals surface area contributed by atoms with E-state index >= 15 is 0 Å². The first-order valence-electron chi connectivity index (χ1n) is 9.79. The lowest BCUT2D eigenvalue weighted by molar-refractivity contribution is -0.128. The molecular weight excluding hydrogens is 392 g/mol. The van der Waals surface area contributed by atoms with Gasteiger partial charge < -0.3 is 9.15 Å². The molecule has 0 unspecified atom stereocenters. The van der Waals surface area contributed by atoms with Gasteiger partial charge in [-0.05, 0) is 71.1 Å². The highest BCUT2D eigenvalue weighted by Crippen LogP contribution is 2.22. The minimum atomic E-state index is -0.512. The Morgan fingerprint density at radius 1 is 1.00 bits per heavy atom. The molecule has 1 heterocycles. The second-order valence-corrected chi connectivity index (χ2v) is 7.87. The zero-order chi connectivity index (χ0) is 22.3. The van der Waals surface area contributed by atoms with Crippen LogP contribution in [0.5, 0.6) is 5.75 Å². The molecule has 0 radical (unpaired) electrons. The van der Waals surface area contributed by atoms with Crippen LogP contribution in [0.15, 0.2) is 82.5 Å². The zero-order valence-corrected chi connectivity index (χ0v) is 17.7. The molecular formula is C25H24N2O4. The average molecular weight is 416 g/mol. The van der Waals surface area contributed by atoms with Gasteiger partial charge in [-0.1, -0.05) is 32.9 Å². The fourth-order valence-corrected chi connectivity index (χ4v) is 2.66. The van der Waals surface area contributed by atoms with Crippen molar-refractivity contribution in [3.63, 3.8) is 0 Å². The number of amides is 1. The molecule has 3 aromatic rings. The van der Waals surface area contributed by atoms with Crippen LogP contribution in [0.1, 0.15) is 48.0 Å². The fraction of sp³-hybridized carbons (Fsp3) is 0.160. The summed E-state index contributed by atoms with van der Waals surface area (Å²) in [6.45, 7) is 6.36. The van der Waals surface area contributed by atoms with Crippen LogP contribution in [-0.4, -0.2) is 18.1 Å². The summed E-state index contributed by atoms with van der Waals surface area (Å²) in [5.74, 6) is 0.165. The topological polar surface area (TPSA) is 80.9 Å². The molecule has 0 aliphatic rings. The van der Waals surface area contributed by atoms with Crippen molar-refractivity contribution in [2.45, 2.75) is 26.2 Å². The molecule has 0 spiro atoms. The number of carbonyl (C=O) groups excluding carboxylic acids is 2. The molecule has 0 aliphatic carbocycles. The molecule has 158 valence electrons. The van der Waals surface area contributed by atoms with Crippen molar-refractivity contribution in [1.82, 2.24) is 5.43 Å². The third-order valence-electron chi connectivity index (χ3n) is 4.42. The number of carbonyl (C=O) groups is 2. The first-order chi connectivity index (χ1) is 14.8. The molecule has 2 aromatic carbocycles. The third-order valence-corrected chi connectivity index (χ3v) is 4.42. The van der Waals surface area contributed by atoms with Gasteiger partial charge in [0, 0.05) is 11.6 Å². The van der Waals surface area contributed by atoms with Crippen molar-refractivity contribution < 1.29 is 18.7 Å². The van der Waals surface area contributed by atoms with E-state index in [1.54, 1.807) is 48.5 Å². The number of hydrogen-bond donors (Lipinski definition) is 1. The summed E-state index contributed by atoms with van der Waals surface area (Å²) in [6, 6.07) is 17.7. The van der Waals surface area contributed by atoms with Gasteiger partial charge in [0.1, 0.15) is 11.5 Å². The van der Waals surface area contributed by atoms with E-state index in [9.17, 15) is 9.59 Å².